The molecule has 7 nitrogen and oxygen atoms in total. The van der Waals surface area contributed by atoms with Gasteiger partial charge in [-0.1, -0.05) is 31.2 Å². The predicted molar refractivity (Wildman–Crippen MR) is 151 cm³/mol. The number of benzene rings is 2. The van der Waals surface area contributed by atoms with Crippen molar-refractivity contribution in [3.05, 3.63) is 48.3 Å². The zero-order chi connectivity index (χ0) is 26.4. The van der Waals surface area contributed by atoms with E-state index in [4.69, 9.17) is 14.7 Å². The van der Waals surface area contributed by atoms with Crippen molar-refractivity contribution < 1.29 is 9.53 Å². The highest BCUT2D eigenvalue weighted by atomic mass is 16.5. The van der Waals surface area contributed by atoms with Crippen LogP contribution in [-0.2, 0) is 11.2 Å². The van der Waals surface area contributed by atoms with Crippen molar-refractivity contribution in [1.29, 1.82) is 0 Å². The van der Waals surface area contributed by atoms with E-state index in [2.05, 4.69) is 55.8 Å². The summed E-state index contributed by atoms with van der Waals surface area (Å²) in [5, 5.41) is 11.1. The van der Waals surface area contributed by atoms with Gasteiger partial charge >= 0.3 is 0 Å². The Morgan fingerprint density at radius 3 is 2.46 bits per heavy atom. The number of carbonyl (C=O) groups excluding carboxylic acids is 1. The Morgan fingerprint density at radius 1 is 1.03 bits per heavy atom. The quantitative estimate of drug-likeness (QED) is 0.358. The fourth-order valence-electron chi connectivity index (χ4n) is 5.13. The number of hydrogen-bond acceptors (Lipinski definition) is 6. The van der Waals surface area contributed by atoms with Gasteiger partial charge in [-0.3, -0.25) is 4.79 Å². The fourth-order valence-corrected chi connectivity index (χ4v) is 5.13. The molecule has 1 amide bonds. The molecule has 7 heteroatoms. The lowest BCUT2D eigenvalue weighted by molar-refractivity contribution is -0.120. The molecule has 198 valence electrons. The molecule has 1 aliphatic carbocycles. The van der Waals surface area contributed by atoms with Crippen molar-refractivity contribution in [2.75, 3.05) is 19.0 Å². The number of para-hydroxylation sites is 1. The molecular weight excluding hydrogens is 462 g/mol. The van der Waals surface area contributed by atoms with E-state index in [1.807, 2.05) is 30.3 Å². The summed E-state index contributed by atoms with van der Waals surface area (Å²) < 4.78 is 5.57. The van der Waals surface area contributed by atoms with E-state index in [1.54, 1.807) is 7.11 Å². The van der Waals surface area contributed by atoms with Gasteiger partial charge in [-0.2, -0.15) is 0 Å². The van der Waals surface area contributed by atoms with Gasteiger partial charge in [-0.25, -0.2) is 9.97 Å². The van der Waals surface area contributed by atoms with E-state index in [-0.39, 0.29) is 24.0 Å². The summed E-state index contributed by atoms with van der Waals surface area (Å²) >= 11 is 0. The number of ether oxygens (including phenoxy) is 1. The molecule has 0 saturated heterocycles. The lowest BCUT2D eigenvalue weighted by atomic mass is 9.89. The minimum Gasteiger partial charge on any atom is -0.496 e. The Kier molecular flexibility index (Phi) is 8.64. The highest BCUT2D eigenvalue weighted by Crippen LogP contribution is 2.33. The summed E-state index contributed by atoms with van der Waals surface area (Å²) in [5.74, 6) is 2.29. The number of aromatic nitrogens is 2. The van der Waals surface area contributed by atoms with Crippen LogP contribution in [0.3, 0.4) is 0 Å². The fraction of sp³-hybridized carbons (Fsp3) is 0.500. The van der Waals surface area contributed by atoms with Crippen LogP contribution in [0.2, 0.25) is 0 Å². The molecule has 1 fully saturated rings. The number of hydrogen-bond donors (Lipinski definition) is 3. The van der Waals surface area contributed by atoms with Crippen molar-refractivity contribution in [2.24, 2.45) is 0 Å². The monoisotopic (exact) mass is 503 g/mol. The van der Waals surface area contributed by atoms with E-state index in [9.17, 15) is 4.79 Å². The van der Waals surface area contributed by atoms with Crippen LogP contribution in [0.15, 0.2) is 42.5 Å². The molecular formula is C30H41N5O2. The average Bonchev–Trinajstić information content (AvgIpc) is 2.87. The first-order valence-corrected chi connectivity index (χ1v) is 13.5. The zero-order valence-electron chi connectivity index (χ0n) is 22.9. The molecule has 3 aromatic rings. The van der Waals surface area contributed by atoms with Gasteiger partial charge in [0.25, 0.3) is 0 Å². The van der Waals surface area contributed by atoms with Crippen LogP contribution in [0.4, 0.5) is 5.82 Å². The maximum atomic E-state index is 12.9. The summed E-state index contributed by atoms with van der Waals surface area (Å²) in [6.45, 7) is 8.90. The number of rotatable bonds is 9. The Morgan fingerprint density at radius 2 is 1.76 bits per heavy atom. The number of amides is 1. The number of fused-ring (bicyclic) bond motifs is 1. The van der Waals surface area contributed by atoms with Crippen LogP contribution < -0.4 is 20.7 Å². The van der Waals surface area contributed by atoms with Crippen LogP contribution >= 0.6 is 0 Å². The van der Waals surface area contributed by atoms with Gasteiger partial charge in [0.05, 0.1) is 19.2 Å². The zero-order valence-corrected chi connectivity index (χ0v) is 22.9. The Bertz CT molecular complexity index is 1210. The van der Waals surface area contributed by atoms with Gasteiger partial charge in [0, 0.05) is 35.0 Å². The van der Waals surface area contributed by atoms with Crippen molar-refractivity contribution in [3.63, 3.8) is 0 Å². The second-order valence-corrected chi connectivity index (χ2v) is 11.0. The molecule has 2 aromatic carbocycles. The molecule has 0 aliphatic heterocycles. The van der Waals surface area contributed by atoms with Crippen LogP contribution in [-0.4, -0.2) is 47.2 Å². The van der Waals surface area contributed by atoms with E-state index >= 15 is 0 Å². The molecule has 0 radical (unpaired) electrons. The standard InChI is InChI=1S/C30H41N5O2/c1-6-9-27-33-25-17-12-20(23-10-7-8-11-26(23)37-5)18-24(25)29(34-27)31-19-28(36)32-21-13-15-22(16-14-21)35-30(2,3)4/h7-8,10-12,17-18,21-22,35H,6,9,13-16,19H2,1-5H3,(H,32,36)(H,31,33,34). The molecule has 1 aromatic heterocycles. The third-order valence-electron chi connectivity index (χ3n) is 6.78. The molecule has 0 spiro atoms. The van der Waals surface area contributed by atoms with Crippen molar-refractivity contribution in [1.82, 2.24) is 20.6 Å². The van der Waals surface area contributed by atoms with Crippen LogP contribution in [0.1, 0.15) is 65.6 Å². The lowest BCUT2D eigenvalue weighted by Gasteiger charge is -2.34. The molecule has 1 aliphatic rings. The molecule has 0 atom stereocenters. The molecule has 37 heavy (non-hydrogen) atoms. The van der Waals surface area contributed by atoms with Crippen LogP contribution in [0.5, 0.6) is 5.75 Å². The number of aryl methyl sites for hydroxylation is 1. The Hall–Kier alpha value is -3.19. The Labute approximate surface area is 220 Å². The Balaban J connectivity index is 1.47. The van der Waals surface area contributed by atoms with Crippen molar-refractivity contribution in [2.45, 2.75) is 83.8 Å². The van der Waals surface area contributed by atoms with E-state index in [1.165, 1.54) is 0 Å². The summed E-state index contributed by atoms with van der Waals surface area (Å²) in [7, 11) is 1.68. The van der Waals surface area contributed by atoms with Gasteiger partial charge in [-0.05, 0) is 76.6 Å². The van der Waals surface area contributed by atoms with E-state index < -0.39 is 0 Å². The number of methoxy groups -OCH3 is 1. The molecule has 0 bridgehead atoms. The molecule has 1 heterocycles. The summed E-state index contributed by atoms with van der Waals surface area (Å²) in [5.41, 5.74) is 3.01. The van der Waals surface area contributed by atoms with Gasteiger partial charge < -0.3 is 20.7 Å². The SMILES string of the molecule is CCCc1nc(NCC(=O)NC2CCC(NC(C)(C)C)CC2)c2cc(-c3ccccc3OC)ccc2n1. The second-order valence-electron chi connectivity index (χ2n) is 11.0. The first-order chi connectivity index (χ1) is 17.8. The smallest absolute Gasteiger partial charge is 0.239 e. The van der Waals surface area contributed by atoms with Crippen LogP contribution in [0.25, 0.3) is 22.0 Å². The summed E-state index contributed by atoms with van der Waals surface area (Å²) in [4.78, 5) is 22.4. The number of carbonyl (C=O) groups is 1. The normalized spacial score (nSPS) is 18.0. The first kappa shape index (κ1) is 26.9. The third-order valence-corrected chi connectivity index (χ3v) is 6.78. The van der Waals surface area contributed by atoms with Crippen LogP contribution in [0, 0.1) is 0 Å². The molecule has 4 rings (SSSR count). The number of nitrogens with zero attached hydrogens (tertiary/aromatic N) is 2. The number of nitrogens with one attached hydrogen (secondary N) is 3. The lowest BCUT2D eigenvalue weighted by Crippen LogP contribution is -2.48. The first-order valence-electron chi connectivity index (χ1n) is 13.5. The topological polar surface area (TPSA) is 88.2 Å². The molecule has 3 N–H and O–H groups in total. The number of anilines is 1. The average molecular weight is 504 g/mol. The largest absolute Gasteiger partial charge is 0.496 e. The highest BCUT2D eigenvalue weighted by molar-refractivity contribution is 5.94. The van der Waals surface area contributed by atoms with Gasteiger partial charge in [0.1, 0.15) is 17.4 Å². The van der Waals surface area contributed by atoms with Crippen molar-refractivity contribution in [3.8, 4) is 16.9 Å². The van der Waals surface area contributed by atoms with E-state index in [0.29, 0.717) is 11.9 Å². The second kappa shape index (κ2) is 11.9. The van der Waals surface area contributed by atoms with Crippen molar-refractivity contribution >= 4 is 22.6 Å². The minimum absolute atomic E-state index is 0.00285. The van der Waals surface area contributed by atoms with Gasteiger partial charge in [0.2, 0.25) is 5.91 Å². The molecule has 1 saturated carbocycles. The summed E-state index contributed by atoms with van der Waals surface area (Å²) in [6.07, 6.45) is 5.91. The third kappa shape index (κ3) is 7.19. The van der Waals surface area contributed by atoms with Gasteiger partial charge in [-0.15, -0.1) is 0 Å². The minimum atomic E-state index is -0.00285. The molecule has 0 unspecified atom stereocenters. The van der Waals surface area contributed by atoms with E-state index in [0.717, 1.165) is 72.1 Å². The van der Waals surface area contributed by atoms with Gasteiger partial charge in [0.15, 0.2) is 0 Å². The maximum Gasteiger partial charge on any atom is 0.239 e. The predicted octanol–water partition coefficient (Wildman–Crippen LogP) is 5.49. The summed E-state index contributed by atoms with van der Waals surface area (Å²) in [6, 6.07) is 14.9. The highest BCUT2D eigenvalue weighted by Gasteiger charge is 2.25. The maximum absolute atomic E-state index is 12.9.